The van der Waals surface area contributed by atoms with Gasteiger partial charge in [0.15, 0.2) is 16.8 Å². The average Bonchev–Trinajstić information content (AvgIpc) is 3.03. The van der Waals surface area contributed by atoms with Crippen molar-refractivity contribution in [1.29, 1.82) is 0 Å². The van der Waals surface area contributed by atoms with E-state index in [1.54, 1.807) is 6.92 Å². The van der Waals surface area contributed by atoms with Gasteiger partial charge in [-0.15, -0.1) is 5.10 Å². The van der Waals surface area contributed by atoms with Crippen LogP contribution < -0.4 is 11.0 Å². The van der Waals surface area contributed by atoms with E-state index in [0.717, 1.165) is 29.5 Å². The van der Waals surface area contributed by atoms with Crippen LogP contribution in [0.5, 0.6) is 0 Å². The number of hydrogen-bond acceptors (Lipinski definition) is 4. The van der Waals surface area contributed by atoms with Crippen LogP contribution in [-0.2, 0) is 17.8 Å². The summed E-state index contributed by atoms with van der Waals surface area (Å²) >= 11 is 1.10. The normalized spacial score (nSPS) is 12.0. The summed E-state index contributed by atoms with van der Waals surface area (Å²) in [6.07, 6.45) is 0.642. The van der Waals surface area contributed by atoms with Gasteiger partial charge in [-0.2, -0.15) is 0 Å². The third-order valence-electron chi connectivity index (χ3n) is 4.03. The zero-order chi connectivity index (χ0) is 20.1. The number of aromatic amines is 1. The van der Waals surface area contributed by atoms with Crippen LogP contribution in [0.3, 0.4) is 0 Å². The minimum absolute atomic E-state index is 0.153. The molecule has 0 unspecified atom stereocenters. The molecule has 6 nitrogen and oxygen atoms in total. The topological polar surface area (TPSA) is 79.8 Å². The molecular weight excluding hydrogens is 386 g/mol. The molecule has 1 atom stereocenters. The first-order chi connectivity index (χ1) is 13.4. The predicted molar refractivity (Wildman–Crippen MR) is 103 cm³/mol. The zero-order valence-corrected chi connectivity index (χ0v) is 15.8. The first-order valence-electron chi connectivity index (χ1n) is 8.55. The molecule has 1 heterocycles. The van der Waals surface area contributed by atoms with Gasteiger partial charge in [0, 0.05) is 18.3 Å². The van der Waals surface area contributed by atoms with E-state index in [9.17, 15) is 18.4 Å². The third-order valence-corrected chi connectivity index (χ3v) is 5.12. The van der Waals surface area contributed by atoms with Crippen molar-refractivity contribution in [3.63, 3.8) is 0 Å². The molecule has 0 saturated heterocycles. The minimum Gasteiger partial charge on any atom is -0.325 e. The maximum atomic E-state index is 13.3. The standard InChI is InChI=1S/C19H18F2N4O2S/c1-12(17(26)22-14-7-8-15(20)16(21)11-14)28-19-24-23-18(27)25(19)10-9-13-5-3-2-4-6-13/h2-8,11-12H,9-10H2,1H3,(H,22,26)(H,23,27)/t12-/m0/s1. The fourth-order valence-electron chi connectivity index (χ4n) is 2.51. The largest absolute Gasteiger partial charge is 0.343 e. The van der Waals surface area contributed by atoms with Gasteiger partial charge < -0.3 is 5.32 Å². The molecule has 0 bridgehead atoms. The molecule has 146 valence electrons. The Morgan fingerprint density at radius 1 is 1.21 bits per heavy atom. The number of carbonyl (C=O) groups excluding carboxylic acids is 1. The number of thioether (sulfide) groups is 1. The summed E-state index contributed by atoms with van der Waals surface area (Å²) in [6, 6.07) is 12.8. The molecule has 0 fully saturated rings. The highest BCUT2D eigenvalue weighted by molar-refractivity contribution is 8.00. The molecule has 1 aromatic heterocycles. The lowest BCUT2D eigenvalue weighted by molar-refractivity contribution is -0.115. The average molecular weight is 404 g/mol. The molecule has 2 aromatic carbocycles. The van der Waals surface area contributed by atoms with Crippen molar-refractivity contribution in [3.8, 4) is 0 Å². The summed E-state index contributed by atoms with van der Waals surface area (Å²) < 4.78 is 27.7. The summed E-state index contributed by atoms with van der Waals surface area (Å²) in [5.74, 6) is -2.44. The second-order valence-electron chi connectivity index (χ2n) is 6.08. The summed E-state index contributed by atoms with van der Waals surface area (Å²) in [5.41, 5.74) is 0.877. The van der Waals surface area contributed by atoms with Crippen LogP contribution in [0, 0.1) is 11.6 Å². The van der Waals surface area contributed by atoms with Gasteiger partial charge >= 0.3 is 5.69 Å². The monoisotopic (exact) mass is 404 g/mol. The second kappa shape index (κ2) is 8.83. The number of carbonyl (C=O) groups is 1. The number of aromatic nitrogens is 3. The van der Waals surface area contributed by atoms with E-state index in [0.29, 0.717) is 18.1 Å². The number of amides is 1. The quantitative estimate of drug-likeness (QED) is 0.593. The number of nitrogens with one attached hydrogen (secondary N) is 2. The molecule has 0 spiro atoms. The second-order valence-corrected chi connectivity index (χ2v) is 7.38. The van der Waals surface area contributed by atoms with Gasteiger partial charge in [-0.25, -0.2) is 18.7 Å². The zero-order valence-electron chi connectivity index (χ0n) is 15.0. The Morgan fingerprint density at radius 3 is 2.68 bits per heavy atom. The summed E-state index contributed by atoms with van der Waals surface area (Å²) in [7, 11) is 0. The molecule has 0 radical (unpaired) electrons. The Balaban J connectivity index is 1.65. The smallest absolute Gasteiger partial charge is 0.325 e. The van der Waals surface area contributed by atoms with Crippen LogP contribution in [0.1, 0.15) is 12.5 Å². The Kier molecular flexibility index (Phi) is 6.25. The molecule has 3 rings (SSSR count). The number of halogens is 2. The van der Waals surface area contributed by atoms with Crippen LogP contribution in [-0.4, -0.2) is 25.9 Å². The predicted octanol–water partition coefficient (Wildman–Crippen LogP) is 3.21. The van der Waals surface area contributed by atoms with Gasteiger partial charge in [-0.05, 0) is 31.0 Å². The molecule has 0 aliphatic heterocycles. The van der Waals surface area contributed by atoms with E-state index < -0.39 is 22.8 Å². The van der Waals surface area contributed by atoms with Gasteiger partial charge in [0.05, 0.1) is 5.25 Å². The van der Waals surface area contributed by atoms with E-state index in [2.05, 4.69) is 15.5 Å². The van der Waals surface area contributed by atoms with Crippen molar-refractivity contribution in [2.75, 3.05) is 5.32 Å². The Labute approximate surface area is 164 Å². The van der Waals surface area contributed by atoms with Crippen molar-refractivity contribution < 1.29 is 13.6 Å². The highest BCUT2D eigenvalue weighted by Crippen LogP contribution is 2.22. The maximum Gasteiger partial charge on any atom is 0.343 e. The molecular formula is C19H18F2N4O2S. The third kappa shape index (κ3) is 4.86. The maximum absolute atomic E-state index is 13.3. The van der Waals surface area contributed by atoms with E-state index in [4.69, 9.17) is 0 Å². The van der Waals surface area contributed by atoms with Gasteiger partial charge in [0.25, 0.3) is 0 Å². The molecule has 28 heavy (non-hydrogen) atoms. The highest BCUT2D eigenvalue weighted by atomic mass is 32.2. The van der Waals surface area contributed by atoms with Crippen molar-refractivity contribution in [1.82, 2.24) is 14.8 Å². The fraction of sp³-hybridized carbons (Fsp3) is 0.211. The SMILES string of the molecule is C[C@H](Sc1n[nH]c(=O)n1CCc1ccccc1)C(=O)Nc1ccc(F)c(F)c1. The summed E-state index contributed by atoms with van der Waals surface area (Å²) in [6.45, 7) is 2.06. The van der Waals surface area contributed by atoms with Crippen LogP contribution >= 0.6 is 11.8 Å². The summed E-state index contributed by atoms with van der Waals surface area (Å²) in [4.78, 5) is 24.4. The number of benzene rings is 2. The van der Waals surface area contributed by atoms with Crippen molar-refractivity contribution >= 4 is 23.4 Å². The molecule has 1 amide bonds. The highest BCUT2D eigenvalue weighted by Gasteiger charge is 2.19. The molecule has 0 saturated carbocycles. The van der Waals surface area contributed by atoms with E-state index in [1.807, 2.05) is 30.3 Å². The van der Waals surface area contributed by atoms with Crippen molar-refractivity contribution in [3.05, 3.63) is 76.2 Å². The number of H-pyrrole nitrogens is 1. The minimum atomic E-state index is -1.04. The Morgan fingerprint density at radius 2 is 1.96 bits per heavy atom. The van der Waals surface area contributed by atoms with Gasteiger partial charge in [0.1, 0.15) is 0 Å². The van der Waals surface area contributed by atoms with E-state index >= 15 is 0 Å². The van der Waals surface area contributed by atoms with Crippen LogP contribution in [0.25, 0.3) is 0 Å². The number of hydrogen-bond donors (Lipinski definition) is 2. The van der Waals surface area contributed by atoms with E-state index in [-0.39, 0.29) is 11.4 Å². The molecule has 0 aliphatic rings. The first kappa shape index (κ1) is 19.8. The molecule has 3 aromatic rings. The van der Waals surface area contributed by atoms with Gasteiger partial charge in [-0.3, -0.25) is 9.36 Å². The number of nitrogens with zero attached hydrogens (tertiary/aromatic N) is 2. The number of aryl methyl sites for hydroxylation is 1. The van der Waals surface area contributed by atoms with Crippen LogP contribution in [0.15, 0.2) is 58.5 Å². The Bertz CT molecular complexity index is 1020. The molecule has 2 N–H and O–H groups in total. The molecule has 0 aliphatic carbocycles. The van der Waals surface area contributed by atoms with Crippen molar-refractivity contribution in [2.45, 2.75) is 30.3 Å². The first-order valence-corrected chi connectivity index (χ1v) is 9.43. The van der Waals surface area contributed by atoms with Crippen LogP contribution in [0.4, 0.5) is 14.5 Å². The lowest BCUT2D eigenvalue weighted by Crippen LogP contribution is -2.24. The summed E-state index contributed by atoms with van der Waals surface area (Å²) in [5, 5.41) is 8.67. The van der Waals surface area contributed by atoms with Gasteiger partial charge in [0.2, 0.25) is 5.91 Å². The Hall–Kier alpha value is -2.94. The lowest BCUT2D eigenvalue weighted by atomic mass is 10.1. The van der Waals surface area contributed by atoms with Crippen LogP contribution in [0.2, 0.25) is 0 Å². The number of rotatable bonds is 7. The van der Waals surface area contributed by atoms with Crippen molar-refractivity contribution in [2.24, 2.45) is 0 Å². The molecule has 9 heteroatoms. The van der Waals surface area contributed by atoms with Gasteiger partial charge in [-0.1, -0.05) is 42.1 Å². The fourth-order valence-corrected chi connectivity index (χ4v) is 3.39. The van der Waals surface area contributed by atoms with E-state index in [1.165, 1.54) is 10.6 Å². The lowest BCUT2D eigenvalue weighted by Gasteiger charge is -2.12. The number of anilines is 1.